The minimum absolute atomic E-state index is 0.103. The fraction of sp³-hybridized carbons (Fsp3) is 0.500. The van der Waals surface area contributed by atoms with Gasteiger partial charge in [0.25, 0.3) is 17.7 Å². The van der Waals surface area contributed by atoms with Crippen molar-refractivity contribution in [3.63, 3.8) is 0 Å². The summed E-state index contributed by atoms with van der Waals surface area (Å²) in [7, 11) is 3.09. The zero-order chi connectivity index (χ0) is 41.5. The molecule has 7 rings (SSSR count). The Morgan fingerprint density at radius 2 is 1.61 bits per heavy atom. The summed E-state index contributed by atoms with van der Waals surface area (Å²) in [5, 5.41) is 6.03. The number of nitrogens with one attached hydrogen (secondary N) is 2. The molecule has 59 heavy (non-hydrogen) atoms. The molecule has 3 aromatic carbocycles. The van der Waals surface area contributed by atoms with E-state index >= 15 is 0 Å². The zero-order valence-electron chi connectivity index (χ0n) is 34.2. The van der Waals surface area contributed by atoms with Crippen molar-refractivity contribution in [2.45, 2.75) is 108 Å². The summed E-state index contributed by atoms with van der Waals surface area (Å²) in [5.74, 6) is -0.574. The highest BCUT2D eigenvalue weighted by Crippen LogP contribution is 2.39. The SMILES string of the molecule is CNC(=O)C(CCC=O)N1Cc2c(cc(F)cc2C2CCN(CCCCCCCNc3ccc4c(c3)C(=O)N(c3ccc(OC)c(OC5CCCC5)c3)C4=O)CC2)C1=O. The third-order valence-corrected chi connectivity index (χ3v) is 12.4. The Balaban J connectivity index is 0.823. The smallest absolute Gasteiger partial charge is 0.266 e. The maximum absolute atomic E-state index is 14.9. The quantitative estimate of drug-likeness (QED) is 0.0729. The van der Waals surface area contributed by atoms with Crippen molar-refractivity contribution in [3.05, 3.63) is 82.2 Å². The molecular formula is C46H56FN5O7. The van der Waals surface area contributed by atoms with E-state index < -0.39 is 11.9 Å². The van der Waals surface area contributed by atoms with Crippen LogP contribution in [0.5, 0.6) is 11.5 Å². The van der Waals surface area contributed by atoms with E-state index in [-0.39, 0.29) is 55.0 Å². The van der Waals surface area contributed by atoms with E-state index in [9.17, 15) is 28.4 Å². The van der Waals surface area contributed by atoms with Crippen LogP contribution in [-0.2, 0) is 16.1 Å². The van der Waals surface area contributed by atoms with Gasteiger partial charge >= 0.3 is 0 Å². The largest absolute Gasteiger partial charge is 0.493 e. The molecule has 3 heterocycles. The lowest BCUT2D eigenvalue weighted by Gasteiger charge is -2.33. The molecule has 13 heteroatoms. The molecule has 1 saturated heterocycles. The molecule has 4 amide bonds. The number of fused-ring (bicyclic) bond motifs is 2. The van der Waals surface area contributed by atoms with E-state index in [4.69, 9.17) is 9.47 Å². The van der Waals surface area contributed by atoms with E-state index in [1.807, 2.05) is 6.07 Å². The molecule has 0 radical (unpaired) electrons. The van der Waals surface area contributed by atoms with Gasteiger partial charge < -0.3 is 34.7 Å². The summed E-state index contributed by atoms with van der Waals surface area (Å²) < 4.78 is 26.6. The van der Waals surface area contributed by atoms with Crippen LogP contribution in [0.1, 0.15) is 132 Å². The molecule has 0 spiro atoms. The number of amides is 4. The first kappa shape index (κ1) is 41.8. The number of piperidine rings is 1. The number of halogens is 1. The number of ether oxygens (including phenoxy) is 2. The Morgan fingerprint density at radius 3 is 2.36 bits per heavy atom. The topological polar surface area (TPSA) is 138 Å². The Morgan fingerprint density at radius 1 is 0.864 bits per heavy atom. The number of nitrogens with zero attached hydrogens (tertiary/aromatic N) is 3. The van der Waals surface area contributed by atoms with Gasteiger partial charge in [-0.2, -0.15) is 0 Å². The minimum Gasteiger partial charge on any atom is -0.493 e. The molecule has 2 N–H and O–H groups in total. The molecule has 1 atom stereocenters. The van der Waals surface area contributed by atoms with Gasteiger partial charge in [0.2, 0.25) is 5.91 Å². The van der Waals surface area contributed by atoms with Crippen molar-refractivity contribution in [3.8, 4) is 11.5 Å². The molecule has 314 valence electrons. The summed E-state index contributed by atoms with van der Waals surface area (Å²) in [6.07, 6.45) is 12.6. The summed E-state index contributed by atoms with van der Waals surface area (Å²) in [5.41, 5.74) is 4.05. The fourth-order valence-corrected chi connectivity index (χ4v) is 9.22. The lowest BCUT2D eigenvalue weighted by Crippen LogP contribution is -2.46. The maximum Gasteiger partial charge on any atom is 0.266 e. The normalized spacial score (nSPS) is 17.6. The van der Waals surface area contributed by atoms with E-state index in [0.29, 0.717) is 33.9 Å². The number of carbonyl (C=O) groups excluding carboxylic acids is 5. The number of rotatable bonds is 19. The molecule has 0 aromatic heterocycles. The average molecular weight is 810 g/mol. The van der Waals surface area contributed by atoms with Crippen molar-refractivity contribution in [1.82, 2.24) is 15.1 Å². The number of anilines is 2. The van der Waals surface area contributed by atoms with Crippen LogP contribution in [0.2, 0.25) is 0 Å². The van der Waals surface area contributed by atoms with E-state index in [1.54, 1.807) is 43.5 Å². The molecule has 0 bridgehead atoms. The molecule has 4 aliphatic rings. The highest BCUT2D eigenvalue weighted by molar-refractivity contribution is 6.34. The second kappa shape index (κ2) is 19.2. The van der Waals surface area contributed by atoms with Crippen molar-refractivity contribution < 1.29 is 37.8 Å². The number of hydrogen-bond donors (Lipinski definition) is 2. The number of carbonyl (C=O) groups is 5. The van der Waals surface area contributed by atoms with E-state index in [0.717, 1.165) is 120 Å². The van der Waals surface area contributed by atoms with Gasteiger partial charge in [-0.25, -0.2) is 9.29 Å². The maximum atomic E-state index is 14.9. The Hall–Kier alpha value is -5.30. The van der Waals surface area contributed by atoms with Gasteiger partial charge in [0, 0.05) is 43.9 Å². The number of hydrogen-bond acceptors (Lipinski definition) is 9. The van der Waals surface area contributed by atoms with Gasteiger partial charge in [-0.15, -0.1) is 0 Å². The first-order chi connectivity index (χ1) is 28.7. The highest BCUT2D eigenvalue weighted by atomic mass is 19.1. The summed E-state index contributed by atoms with van der Waals surface area (Å²) in [6, 6.07) is 12.6. The summed E-state index contributed by atoms with van der Waals surface area (Å²) in [4.78, 5) is 69.2. The monoisotopic (exact) mass is 809 g/mol. The van der Waals surface area contributed by atoms with Gasteiger partial charge in [0.15, 0.2) is 11.5 Å². The molecule has 2 fully saturated rings. The van der Waals surface area contributed by atoms with Crippen LogP contribution in [-0.4, -0.2) is 92.2 Å². The number of likely N-dealkylation sites (N-methyl/N-ethyl adjacent to an activating group) is 1. The highest BCUT2D eigenvalue weighted by Gasteiger charge is 2.40. The van der Waals surface area contributed by atoms with Crippen LogP contribution in [0.4, 0.5) is 15.8 Å². The number of methoxy groups -OCH3 is 1. The molecule has 1 unspecified atom stereocenters. The number of imide groups is 1. The van der Waals surface area contributed by atoms with E-state index in [2.05, 4.69) is 15.5 Å². The minimum atomic E-state index is -0.779. The summed E-state index contributed by atoms with van der Waals surface area (Å²) >= 11 is 0. The van der Waals surface area contributed by atoms with E-state index in [1.165, 1.54) is 22.9 Å². The molecule has 3 aromatic rings. The van der Waals surface area contributed by atoms with Crippen molar-refractivity contribution in [2.75, 3.05) is 50.6 Å². The second-order valence-electron chi connectivity index (χ2n) is 16.2. The molecule has 1 aliphatic carbocycles. The van der Waals surface area contributed by atoms with Crippen LogP contribution < -0.4 is 25.0 Å². The molecule has 12 nitrogen and oxygen atoms in total. The van der Waals surface area contributed by atoms with Crippen LogP contribution in [0.25, 0.3) is 0 Å². The number of aldehydes is 1. The predicted octanol–water partition coefficient (Wildman–Crippen LogP) is 7.25. The van der Waals surface area contributed by atoms with Crippen LogP contribution in [0.3, 0.4) is 0 Å². The molecule has 1 saturated carbocycles. The average Bonchev–Trinajstić information content (AvgIpc) is 3.95. The van der Waals surface area contributed by atoms with Crippen molar-refractivity contribution >= 4 is 41.3 Å². The fourth-order valence-electron chi connectivity index (χ4n) is 9.22. The van der Waals surface area contributed by atoms with Gasteiger partial charge in [0.05, 0.1) is 30.0 Å². The van der Waals surface area contributed by atoms with Crippen LogP contribution in [0.15, 0.2) is 48.5 Å². The third-order valence-electron chi connectivity index (χ3n) is 12.4. The van der Waals surface area contributed by atoms with Gasteiger partial charge in [-0.05, 0) is 137 Å². The number of likely N-dealkylation sites (tertiary alicyclic amines) is 1. The Kier molecular flexibility index (Phi) is 13.6. The Bertz CT molecular complexity index is 2040. The van der Waals surface area contributed by atoms with Crippen LogP contribution in [0, 0.1) is 5.82 Å². The van der Waals surface area contributed by atoms with Crippen LogP contribution >= 0.6 is 0 Å². The Labute approximate surface area is 345 Å². The van der Waals surface area contributed by atoms with Gasteiger partial charge in [-0.3, -0.25) is 19.2 Å². The standard InChI is InChI=1S/C46H56FN5O7/c1-48-43(54)40(13-10-24-53)51-29-39-36(25-31(47)26-37(39)44(51)55)30-18-22-50(23-19-30)21-9-5-3-4-8-20-49-32-14-16-35-38(27-32)46(57)52(45(35)56)33-15-17-41(58-2)42(28-33)59-34-11-6-7-12-34/h14-17,24-28,30,34,40,49H,3-13,18-23,29H2,1-2H3,(H,48,54). The zero-order valence-corrected chi connectivity index (χ0v) is 34.2. The van der Waals surface area contributed by atoms with Crippen molar-refractivity contribution in [1.29, 1.82) is 0 Å². The number of unbranched alkanes of at least 4 members (excludes halogenated alkanes) is 4. The summed E-state index contributed by atoms with van der Waals surface area (Å²) in [6.45, 7) is 3.82. The lowest BCUT2D eigenvalue weighted by atomic mass is 9.85. The first-order valence-corrected chi connectivity index (χ1v) is 21.3. The second-order valence-corrected chi connectivity index (χ2v) is 16.2. The molecule has 3 aliphatic heterocycles. The lowest BCUT2D eigenvalue weighted by molar-refractivity contribution is -0.125. The number of benzene rings is 3. The first-order valence-electron chi connectivity index (χ1n) is 21.3. The van der Waals surface area contributed by atoms with Gasteiger partial charge in [0.1, 0.15) is 18.1 Å². The third kappa shape index (κ3) is 9.30. The molecular weight excluding hydrogens is 754 g/mol. The van der Waals surface area contributed by atoms with Gasteiger partial charge in [-0.1, -0.05) is 19.3 Å². The van der Waals surface area contributed by atoms with Crippen molar-refractivity contribution in [2.24, 2.45) is 0 Å². The predicted molar refractivity (Wildman–Crippen MR) is 223 cm³/mol.